The van der Waals surface area contributed by atoms with Crippen LogP contribution in [0, 0.1) is 0 Å². The maximum absolute atomic E-state index is 11.9. The van der Waals surface area contributed by atoms with E-state index in [9.17, 15) is 4.79 Å². The summed E-state index contributed by atoms with van der Waals surface area (Å²) in [5.41, 5.74) is -0.269. The van der Waals surface area contributed by atoms with Crippen LogP contribution in [0.1, 0.15) is 57.8 Å². The van der Waals surface area contributed by atoms with Gasteiger partial charge >= 0.3 is 0 Å². The first-order valence-electron chi connectivity index (χ1n) is 6.03. The number of ketones is 1. The third-order valence-electron chi connectivity index (χ3n) is 4.36. The molecule has 2 spiro atoms. The molecule has 0 N–H and O–H groups in total. The van der Waals surface area contributed by atoms with Crippen molar-refractivity contribution in [3.05, 3.63) is 0 Å². The molecule has 0 amide bonds. The number of fused-ring (bicyclic) bond motifs is 1. The zero-order chi connectivity index (χ0) is 9.65. The van der Waals surface area contributed by atoms with Crippen molar-refractivity contribution in [2.24, 2.45) is 0 Å². The van der Waals surface area contributed by atoms with E-state index in [1.54, 1.807) is 0 Å². The number of epoxide rings is 1. The monoisotopic (exact) mass is 194 g/mol. The fourth-order valence-corrected chi connectivity index (χ4v) is 3.53. The van der Waals surface area contributed by atoms with Gasteiger partial charge in [0.2, 0.25) is 0 Å². The second-order valence-electron chi connectivity index (χ2n) is 5.11. The van der Waals surface area contributed by atoms with E-state index in [1.165, 1.54) is 25.7 Å². The van der Waals surface area contributed by atoms with Gasteiger partial charge in [0, 0.05) is 6.42 Å². The Balaban J connectivity index is 1.82. The fraction of sp³-hybridized carbons (Fsp3) is 0.917. The molecule has 2 heteroatoms. The number of carbonyl (C=O) groups is 1. The van der Waals surface area contributed by atoms with E-state index in [0.29, 0.717) is 5.78 Å². The summed E-state index contributed by atoms with van der Waals surface area (Å²) in [5.74, 6) is 0.408. The average Bonchev–Trinajstić information content (AvgIpc) is 2.81. The Bertz CT molecular complexity index is 265. The van der Waals surface area contributed by atoms with E-state index < -0.39 is 0 Å². The third-order valence-corrected chi connectivity index (χ3v) is 4.36. The number of carbonyl (C=O) groups excluding carboxylic acids is 1. The second-order valence-corrected chi connectivity index (χ2v) is 5.11. The lowest BCUT2D eigenvalue weighted by Crippen LogP contribution is -2.37. The average molecular weight is 194 g/mol. The Hall–Kier alpha value is -0.370. The molecule has 1 aliphatic heterocycles. The Kier molecular flexibility index (Phi) is 1.79. The van der Waals surface area contributed by atoms with E-state index in [1.807, 2.05) is 0 Å². The van der Waals surface area contributed by atoms with Crippen LogP contribution >= 0.6 is 0 Å². The highest BCUT2D eigenvalue weighted by atomic mass is 16.6. The predicted octanol–water partition coefficient (Wildman–Crippen LogP) is 2.60. The summed E-state index contributed by atoms with van der Waals surface area (Å²) < 4.78 is 5.94. The minimum Gasteiger partial charge on any atom is -0.354 e. The van der Waals surface area contributed by atoms with Gasteiger partial charge in [-0.15, -0.1) is 0 Å². The molecule has 0 aromatic heterocycles. The molecule has 3 aliphatic rings. The van der Waals surface area contributed by atoms with Crippen LogP contribution < -0.4 is 0 Å². The summed E-state index contributed by atoms with van der Waals surface area (Å²) in [6, 6.07) is 0. The molecule has 14 heavy (non-hydrogen) atoms. The molecule has 3 fully saturated rings. The van der Waals surface area contributed by atoms with Crippen molar-refractivity contribution in [1.29, 1.82) is 0 Å². The van der Waals surface area contributed by atoms with Gasteiger partial charge in [0.15, 0.2) is 11.4 Å². The lowest BCUT2D eigenvalue weighted by molar-refractivity contribution is -0.126. The summed E-state index contributed by atoms with van der Waals surface area (Å²) in [6.45, 7) is 0. The molecule has 1 saturated heterocycles. The van der Waals surface area contributed by atoms with Crippen molar-refractivity contribution >= 4 is 5.78 Å². The highest BCUT2D eigenvalue weighted by molar-refractivity contribution is 5.92. The standard InChI is InChI=1S/C12H18O2/c13-10-6-2-5-9-12(10)11(14-12)7-3-1-4-8-11/h1-9H2/t12-/m1/s1. The third kappa shape index (κ3) is 0.979. The summed E-state index contributed by atoms with van der Waals surface area (Å²) in [7, 11) is 0. The molecule has 2 aliphatic carbocycles. The van der Waals surface area contributed by atoms with Crippen LogP contribution in [-0.2, 0) is 9.53 Å². The van der Waals surface area contributed by atoms with Gasteiger partial charge in [-0.2, -0.15) is 0 Å². The van der Waals surface area contributed by atoms with Gasteiger partial charge < -0.3 is 4.74 Å². The summed E-state index contributed by atoms with van der Waals surface area (Å²) >= 11 is 0. The number of Topliss-reactive ketones (excluding diaryl/α,β-unsaturated/α-hetero) is 1. The van der Waals surface area contributed by atoms with Crippen molar-refractivity contribution in [1.82, 2.24) is 0 Å². The lowest BCUT2D eigenvalue weighted by Gasteiger charge is -2.25. The summed E-state index contributed by atoms with van der Waals surface area (Å²) in [5, 5.41) is 0. The van der Waals surface area contributed by atoms with E-state index in [2.05, 4.69) is 0 Å². The molecule has 1 atom stereocenters. The van der Waals surface area contributed by atoms with Crippen LogP contribution in [0.25, 0.3) is 0 Å². The predicted molar refractivity (Wildman–Crippen MR) is 53.1 cm³/mol. The van der Waals surface area contributed by atoms with Crippen molar-refractivity contribution in [3.63, 3.8) is 0 Å². The van der Waals surface area contributed by atoms with Crippen LogP contribution in [0.3, 0.4) is 0 Å². The molecule has 0 radical (unpaired) electrons. The van der Waals surface area contributed by atoms with Gasteiger partial charge in [0.1, 0.15) is 5.60 Å². The molecular formula is C12H18O2. The second kappa shape index (κ2) is 2.82. The molecular weight excluding hydrogens is 176 g/mol. The van der Waals surface area contributed by atoms with Gasteiger partial charge in [-0.3, -0.25) is 4.79 Å². The van der Waals surface area contributed by atoms with Crippen LogP contribution in [0.2, 0.25) is 0 Å². The van der Waals surface area contributed by atoms with Gasteiger partial charge in [0.25, 0.3) is 0 Å². The number of hydrogen-bond donors (Lipinski definition) is 0. The maximum atomic E-state index is 11.9. The zero-order valence-corrected chi connectivity index (χ0v) is 8.68. The number of hydrogen-bond acceptors (Lipinski definition) is 2. The van der Waals surface area contributed by atoms with E-state index in [4.69, 9.17) is 4.74 Å². The molecule has 0 aromatic carbocycles. The summed E-state index contributed by atoms with van der Waals surface area (Å²) in [4.78, 5) is 11.9. The normalized spacial score (nSPS) is 40.4. The highest BCUT2D eigenvalue weighted by Gasteiger charge is 2.72. The molecule has 0 unspecified atom stereocenters. The van der Waals surface area contributed by atoms with Gasteiger partial charge in [-0.25, -0.2) is 0 Å². The Morgan fingerprint density at radius 2 is 1.64 bits per heavy atom. The zero-order valence-electron chi connectivity index (χ0n) is 8.68. The Labute approximate surface area is 85.0 Å². The quantitative estimate of drug-likeness (QED) is 0.555. The van der Waals surface area contributed by atoms with Crippen molar-refractivity contribution in [2.75, 3.05) is 0 Å². The van der Waals surface area contributed by atoms with Crippen LogP contribution in [0.15, 0.2) is 0 Å². The molecule has 0 aromatic rings. The molecule has 78 valence electrons. The Morgan fingerprint density at radius 3 is 2.36 bits per heavy atom. The van der Waals surface area contributed by atoms with Gasteiger partial charge in [0.05, 0.1) is 0 Å². The SMILES string of the molecule is O=C1CCCC[C@@]12OC21CCCCC1. The topological polar surface area (TPSA) is 29.6 Å². The molecule has 1 heterocycles. The molecule has 2 saturated carbocycles. The molecule has 0 bridgehead atoms. The largest absolute Gasteiger partial charge is 0.354 e. The Morgan fingerprint density at radius 1 is 0.929 bits per heavy atom. The smallest absolute Gasteiger partial charge is 0.167 e. The first kappa shape index (κ1) is 8.90. The van der Waals surface area contributed by atoms with Gasteiger partial charge in [-0.1, -0.05) is 19.3 Å². The van der Waals surface area contributed by atoms with E-state index >= 15 is 0 Å². The van der Waals surface area contributed by atoms with Crippen LogP contribution in [0.4, 0.5) is 0 Å². The lowest BCUT2D eigenvalue weighted by atomic mass is 9.73. The first-order chi connectivity index (χ1) is 6.79. The highest BCUT2D eigenvalue weighted by Crippen LogP contribution is 2.61. The van der Waals surface area contributed by atoms with Gasteiger partial charge in [-0.05, 0) is 32.1 Å². The molecule has 3 rings (SSSR count). The van der Waals surface area contributed by atoms with Crippen molar-refractivity contribution < 1.29 is 9.53 Å². The fourth-order valence-electron chi connectivity index (χ4n) is 3.53. The minimum absolute atomic E-state index is 0.0166. The first-order valence-corrected chi connectivity index (χ1v) is 6.03. The van der Waals surface area contributed by atoms with Crippen molar-refractivity contribution in [3.8, 4) is 0 Å². The van der Waals surface area contributed by atoms with Crippen LogP contribution in [-0.4, -0.2) is 17.0 Å². The van der Waals surface area contributed by atoms with E-state index in [0.717, 1.165) is 32.1 Å². The maximum Gasteiger partial charge on any atom is 0.167 e. The van der Waals surface area contributed by atoms with Crippen LogP contribution in [0.5, 0.6) is 0 Å². The molecule has 2 nitrogen and oxygen atoms in total. The number of ether oxygens (including phenoxy) is 1. The summed E-state index contributed by atoms with van der Waals surface area (Å²) in [6.07, 6.45) is 10.2. The van der Waals surface area contributed by atoms with Crippen molar-refractivity contribution in [2.45, 2.75) is 69.0 Å². The van der Waals surface area contributed by atoms with E-state index in [-0.39, 0.29) is 11.2 Å². The number of rotatable bonds is 0. The minimum atomic E-state index is -0.286.